The van der Waals surface area contributed by atoms with E-state index in [4.69, 9.17) is 13.9 Å². The summed E-state index contributed by atoms with van der Waals surface area (Å²) in [5, 5.41) is 11.8. The fourth-order valence-corrected chi connectivity index (χ4v) is 5.09. The SMILES string of the molecule is COc1ccc(C2C(C(=O)c3cc4cc(Br)ccc4o3)=C(O)C(=O)N2c2nc3ccccc3[nH]2)cc1OC. The zero-order valence-electron chi connectivity index (χ0n) is 20.2. The first kappa shape index (κ1) is 23.8. The van der Waals surface area contributed by atoms with Crippen molar-refractivity contribution in [2.75, 3.05) is 19.1 Å². The van der Waals surface area contributed by atoms with Crippen LogP contribution in [0.2, 0.25) is 0 Å². The number of ether oxygens (including phenoxy) is 2. The van der Waals surface area contributed by atoms with Crippen molar-refractivity contribution in [3.8, 4) is 11.5 Å². The normalized spacial score (nSPS) is 15.6. The summed E-state index contributed by atoms with van der Waals surface area (Å²) in [6, 6.07) is 18.2. The highest BCUT2D eigenvalue weighted by Gasteiger charge is 2.47. The number of fused-ring (bicyclic) bond motifs is 2. The fourth-order valence-electron chi connectivity index (χ4n) is 4.71. The van der Waals surface area contributed by atoms with Crippen molar-refractivity contribution in [3.63, 3.8) is 0 Å². The number of benzene rings is 3. The second kappa shape index (κ2) is 9.07. The minimum absolute atomic E-state index is 0.00983. The summed E-state index contributed by atoms with van der Waals surface area (Å²) < 4.78 is 17.5. The Kier molecular flexibility index (Phi) is 5.68. The second-order valence-corrected chi connectivity index (χ2v) is 9.57. The number of ketones is 1. The van der Waals surface area contributed by atoms with Gasteiger partial charge in [-0.1, -0.05) is 34.1 Å². The first-order valence-electron chi connectivity index (χ1n) is 11.6. The maximum Gasteiger partial charge on any atom is 0.296 e. The molecule has 0 saturated carbocycles. The van der Waals surface area contributed by atoms with Crippen LogP contribution in [0.5, 0.6) is 11.5 Å². The number of aromatic amines is 1. The van der Waals surface area contributed by atoms with Gasteiger partial charge in [-0.05, 0) is 54.1 Å². The van der Waals surface area contributed by atoms with Gasteiger partial charge in [-0.2, -0.15) is 0 Å². The number of methoxy groups -OCH3 is 2. The van der Waals surface area contributed by atoms with E-state index in [0.717, 1.165) is 4.47 Å². The number of carbonyl (C=O) groups excluding carboxylic acids is 2. The molecule has 0 spiro atoms. The standard InChI is InChI=1S/C28H20BrN3O6/c1-36-20-9-7-14(12-21(20)37-2)24-23(25(33)22-13-15-11-16(29)8-10-19(15)38-22)26(34)27(35)32(24)28-30-17-5-3-4-6-18(17)31-28/h3-13,24,34H,1-2H3,(H,30,31). The molecule has 0 aliphatic carbocycles. The van der Waals surface area contributed by atoms with Gasteiger partial charge in [-0.25, -0.2) is 4.98 Å². The van der Waals surface area contributed by atoms with E-state index < -0.39 is 23.5 Å². The largest absolute Gasteiger partial charge is 0.503 e. The van der Waals surface area contributed by atoms with Gasteiger partial charge in [0.1, 0.15) is 5.58 Å². The number of nitrogens with one attached hydrogen (secondary N) is 1. The zero-order chi connectivity index (χ0) is 26.6. The number of furan rings is 1. The number of aliphatic hydroxyl groups excluding tert-OH is 1. The van der Waals surface area contributed by atoms with Crippen LogP contribution in [0.3, 0.4) is 0 Å². The summed E-state index contributed by atoms with van der Waals surface area (Å²) in [4.78, 5) is 36.4. The smallest absolute Gasteiger partial charge is 0.296 e. The number of nitrogens with zero attached hydrogens (tertiary/aromatic N) is 2. The Labute approximate surface area is 224 Å². The lowest BCUT2D eigenvalue weighted by Crippen LogP contribution is -2.32. The molecule has 1 aliphatic rings. The van der Waals surface area contributed by atoms with Crippen LogP contribution in [0.25, 0.3) is 22.0 Å². The second-order valence-electron chi connectivity index (χ2n) is 8.65. The zero-order valence-corrected chi connectivity index (χ0v) is 21.8. The number of rotatable bonds is 6. The molecule has 0 bridgehead atoms. The van der Waals surface area contributed by atoms with Crippen molar-refractivity contribution >= 4 is 55.6 Å². The van der Waals surface area contributed by atoms with Crippen molar-refractivity contribution in [1.82, 2.24) is 9.97 Å². The molecule has 3 aromatic carbocycles. The molecule has 5 aromatic rings. The van der Waals surface area contributed by atoms with Crippen LogP contribution in [-0.4, -0.2) is 41.0 Å². The number of imidazole rings is 1. The molecule has 3 heterocycles. The Morgan fingerprint density at radius 3 is 2.61 bits per heavy atom. The summed E-state index contributed by atoms with van der Waals surface area (Å²) in [5.41, 5.74) is 2.19. The lowest BCUT2D eigenvalue weighted by atomic mass is 9.94. The van der Waals surface area contributed by atoms with E-state index in [9.17, 15) is 14.7 Å². The average molecular weight is 574 g/mol. The predicted molar refractivity (Wildman–Crippen MR) is 144 cm³/mol. The highest BCUT2D eigenvalue weighted by Crippen LogP contribution is 2.44. The van der Waals surface area contributed by atoms with Crippen LogP contribution >= 0.6 is 15.9 Å². The number of halogens is 1. The third-order valence-electron chi connectivity index (χ3n) is 6.48. The van der Waals surface area contributed by atoms with Crippen LogP contribution in [0, 0.1) is 0 Å². The maximum atomic E-state index is 13.9. The highest BCUT2D eigenvalue weighted by atomic mass is 79.9. The van der Waals surface area contributed by atoms with Crippen LogP contribution in [0.15, 0.2) is 87.0 Å². The summed E-state index contributed by atoms with van der Waals surface area (Å²) >= 11 is 3.42. The highest BCUT2D eigenvalue weighted by molar-refractivity contribution is 9.10. The summed E-state index contributed by atoms with van der Waals surface area (Å²) in [5.74, 6) is -1.04. The van der Waals surface area contributed by atoms with E-state index in [1.807, 2.05) is 24.3 Å². The first-order chi connectivity index (χ1) is 18.4. The molecule has 190 valence electrons. The summed E-state index contributed by atoms with van der Waals surface area (Å²) in [6.07, 6.45) is 0. The molecular formula is C28H20BrN3O6. The molecule has 1 aliphatic heterocycles. The topological polar surface area (TPSA) is 118 Å². The molecule has 10 heteroatoms. The Morgan fingerprint density at radius 1 is 1.05 bits per heavy atom. The van der Waals surface area contributed by atoms with Gasteiger partial charge in [-0.15, -0.1) is 0 Å². The number of aliphatic hydroxyl groups is 1. The number of aromatic nitrogens is 2. The third-order valence-corrected chi connectivity index (χ3v) is 6.98. The maximum absolute atomic E-state index is 13.9. The van der Waals surface area contributed by atoms with Crippen molar-refractivity contribution in [3.05, 3.63) is 93.9 Å². The quantitative estimate of drug-likeness (QED) is 0.244. The Bertz CT molecular complexity index is 1750. The number of carbonyl (C=O) groups is 2. The molecule has 1 unspecified atom stereocenters. The monoisotopic (exact) mass is 573 g/mol. The van der Waals surface area contributed by atoms with Gasteiger partial charge in [0.2, 0.25) is 11.7 Å². The Hall–Kier alpha value is -4.57. The van der Waals surface area contributed by atoms with Crippen LogP contribution in [0.4, 0.5) is 5.95 Å². The number of amides is 1. The van der Waals surface area contributed by atoms with Gasteiger partial charge in [0.15, 0.2) is 23.0 Å². The van der Waals surface area contributed by atoms with E-state index in [1.165, 1.54) is 19.1 Å². The minimum atomic E-state index is -1.03. The van der Waals surface area contributed by atoms with Crippen molar-refractivity contribution < 1.29 is 28.6 Å². The van der Waals surface area contributed by atoms with Gasteiger partial charge in [0.05, 0.1) is 36.9 Å². The molecule has 1 amide bonds. The molecule has 6 rings (SSSR count). The molecule has 38 heavy (non-hydrogen) atoms. The Morgan fingerprint density at radius 2 is 1.84 bits per heavy atom. The van der Waals surface area contributed by atoms with Crippen LogP contribution in [-0.2, 0) is 4.79 Å². The number of anilines is 1. The van der Waals surface area contributed by atoms with Crippen LogP contribution in [0.1, 0.15) is 22.2 Å². The van der Waals surface area contributed by atoms with Gasteiger partial charge >= 0.3 is 0 Å². The van der Waals surface area contributed by atoms with Gasteiger partial charge in [-0.3, -0.25) is 14.5 Å². The molecule has 1 atom stereocenters. The first-order valence-corrected chi connectivity index (χ1v) is 12.4. The molecule has 0 saturated heterocycles. The summed E-state index contributed by atoms with van der Waals surface area (Å²) in [7, 11) is 3.00. The molecule has 0 fully saturated rings. The van der Waals surface area contributed by atoms with Crippen LogP contribution < -0.4 is 14.4 Å². The lowest BCUT2D eigenvalue weighted by molar-refractivity contribution is -0.117. The predicted octanol–water partition coefficient (Wildman–Crippen LogP) is 5.87. The average Bonchev–Trinajstić information content (AvgIpc) is 3.61. The van der Waals surface area contributed by atoms with Crippen molar-refractivity contribution in [2.45, 2.75) is 6.04 Å². The van der Waals surface area contributed by atoms with E-state index in [-0.39, 0.29) is 17.3 Å². The van der Waals surface area contributed by atoms with Crippen molar-refractivity contribution in [2.24, 2.45) is 0 Å². The van der Waals surface area contributed by atoms with E-state index in [1.54, 1.807) is 42.5 Å². The number of hydrogen-bond acceptors (Lipinski definition) is 7. The number of para-hydroxylation sites is 2. The van der Waals surface area contributed by atoms with E-state index >= 15 is 0 Å². The molecule has 0 radical (unpaired) electrons. The summed E-state index contributed by atoms with van der Waals surface area (Å²) in [6.45, 7) is 0. The number of Topliss-reactive ketones (excluding diaryl/α,β-unsaturated/α-hetero) is 1. The van der Waals surface area contributed by atoms with Gasteiger partial charge in [0, 0.05) is 9.86 Å². The third kappa shape index (κ3) is 3.72. The lowest BCUT2D eigenvalue weighted by Gasteiger charge is -2.25. The van der Waals surface area contributed by atoms with E-state index in [2.05, 4.69) is 25.9 Å². The number of hydrogen-bond donors (Lipinski definition) is 2. The molecular weight excluding hydrogens is 554 g/mol. The van der Waals surface area contributed by atoms with Crippen molar-refractivity contribution in [1.29, 1.82) is 0 Å². The minimum Gasteiger partial charge on any atom is -0.503 e. The number of H-pyrrole nitrogens is 1. The van der Waals surface area contributed by atoms with E-state index in [0.29, 0.717) is 39.1 Å². The molecule has 9 nitrogen and oxygen atoms in total. The Balaban J connectivity index is 1.53. The molecule has 2 aromatic heterocycles. The van der Waals surface area contributed by atoms with Gasteiger partial charge in [0.25, 0.3) is 5.91 Å². The van der Waals surface area contributed by atoms with Gasteiger partial charge < -0.3 is 24.0 Å². The molecule has 2 N–H and O–H groups in total. The fraction of sp³-hybridized carbons (Fsp3) is 0.107.